The molecule has 2 rings (SSSR count). The number of hydrogen-bond donors (Lipinski definition) is 2. The minimum atomic E-state index is -0.964. The molecule has 7 heteroatoms. The number of anilines is 1. The number of rotatable bonds is 6. The van der Waals surface area contributed by atoms with Crippen molar-refractivity contribution in [2.45, 2.75) is 19.9 Å². The van der Waals surface area contributed by atoms with E-state index < -0.39 is 12.0 Å². The summed E-state index contributed by atoms with van der Waals surface area (Å²) < 4.78 is 10.1. The molecule has 0 unspecified atom stereocenters. The Kier molecular flexibility index (Phi) is 4.42. The van der Waals surface area contributed by atoms with Gasteiger partial charge in [-0.2, -0.15) is 4.98 Å². The summed E-state index contributed by atoms with van der Waals surface area (Å²) in [5, 5.41) is 15.7. The molecule has 0 amide bonds. The lowest BCUT2D eigenvalue weighted by molar-refractivity contribution is -0.138. The molecule has 0 bridgehead atoms. The highest BCUT2D eigenvalue weighted by atomic mass is 16.5. The van der Waals surface area contributed by atoms with Crippen LogP contribution in [0.3, 0.4) is 0 Å². The number of nitrogens with one attached hydrogen (secondary N) is 1. The van der Waals surface area contributed by atoms with E-state index in [0.717, 1.165) is 11.3 Å². The van der Waals surface area contributed by atoms with Gasteiger partial charge >= 0.3 is 12.0 Å². The molecule has 0 aliphatic heterocycles. The minimum Gasteiger partial charge on any atom is -0.497 e. The Hall–Kier alpha value is -2.57. The van der Waals surface area contributed by atoms with Gasteiger partial charge in [0.1, 0.15) is 11.8 Å². The quantitative estimate of drug-likeness (QED) is 0.842. The topological polar surface area (TPSA) is 97.5 Å². The molecular formula is C14H17N3O4. The van der Waals surface area contributed by atoms with E-state index in [9.17, 15) is 4.79 Å². The van der Waals surface area contributed by atoms with Crippen molar-refractivity contribution in [3.63, 3.8) is 0 Å². The molecule has 0 spiro atoms. The Morgan fingerprint density at radius 2 is 2.00 bits per heavy atom. The minimum absolute atomic E-state index is 0.0851. The summed E-state index contributed by atoms with van der Waals surface area (Å²) in [6.45, 7) is 3.60. The van der Waals surface area contributed by atoms with Crippen molar-refractivity contribution in [3.8, 4) is 17.1 Å². The lowest BCUT2D eigenvalue weighted by Crippen LogP contribution is -2.34. The summed E-state index contributed by atoms with van der Waals surface area (Å²) in [5.74, 6) is 0.0347. The van der Waals surface area contributed by atoms with Crippen LogP contribution in [0, 0.1) is 5.92 Å². The Bertz CT molecular complexity index is 607. The van der Waals surface area contributed by atoms with Gasteiger partial charge in [0.15, 0.2) is 0 Å². The van der Waals surface area contributed by atoms with Crippen LogP contribution in [0.15, 0.2) is 28.8 Å². The van der Waals surface area contributed by atoms with E-state index in [1.54, 1.807) is 45.2 Å². The van der Waals surface area contributed by atoms with Crippen molar-refractivity contribution in [2.75, 3.05) is 12.4 Å². The third kappa shape index (κ3) is 3.50. The number of methoxy groups -OCH3 is 1. The fourth-order valence-electron chi connectivity index (χ4n) is 1.79. The molecule has 112 valence electrons. The third-order valence-electron chi connectivity index (χ3n) is 2.99. The van der Waals surface area contributed by atoms with Gasteiger partial charge in [-0.25, -0.2) is 4.79 Å². The monoisotopic (exact) mass is 291 g/mol. The lowest BCUT2D eigenvalue weighted by Gasteiger charge is -2.15. The van der Waals surface area contributed by atoms with E-state index in [1.165, 1.54) is 0 Å². The zero-order valence-corrected chi connectivity index (χ0v) is 12.0. The van der Waals surface area contributed by atoms with Gasteiger partial charge in [-0.15, -0.1) is 0 Å². The highest BCUT2D eigenvalue weighted by Crippen LogP contribution is 2.21. The Balaban J connectivity index is 2.15. The average Bonchev–Trinajstić information content (AvgIpc) is 2.93. The van der Waals surface area contributed by atoms with Crippen LogP contribution in [0.5, 0.6) is 5.75 Å². The number of benzene rings is 1. The van der Waals surface area contributed by atoms with Crippen LogP contribution in [0.1, 0.15) is 13.8 Å². The summed E-state index contributed by atoms with van der Waals surface area (Å²) in [5.41, 5.74) is 0.754. The van der Waals surface area contributed by atoms with E-state index in [0.29, 0.717) is 5.82 Å². The molecule has 1 aromatic carbocycles. The van der Waals surface area contributed by atoms with Crippen LogP contribution in [-0.4, -0.2) is 34.4 Å². The molecule has 0 fully saturated rings. The summed E-state index contributed by atoms with van der Waals surface area (Å²) >= 11 is 0. The van der Waals surface area contributed by atoms with Gasteiger partial charge in [0, 0.05) is 5.56 Å². The van der Waals surface area contributed by atoms with Crippen molar-refractivity contribution in [1.29, 1.82) is 0 Å². The normalized spacial score (nSPS) is 12.2. The Morgan fingerprint density at radius 3 is 2.52 bits per heavy atom. The number of carboxylic acid groups (broad SMARTS) is 1. The zero-order valence-electron chi connectivity index (χ0n) is 12.0. The van der Waals surface area contributed by atoms with Crippen molar-refractivity contribution >= 4 is 12.0 Å². The summed E-state index contributed by atoms with van der Waals surface area (Å²) in [4.78, 5) is 15.3. The van der Waals surface area contributed by atoms with Crippen LogP contribution in [0.25, 0.3) is 11.4 Å². The van der Waals surface area contributed by atoms with Crippen LogP contribution in [-0.2, 0) is 4.79 Å². The molecule has 2 aromatic rings. The second-order valence-electron chi connectivity index (χ2n) is 4.86. The number of aliphatic carboxylic acids is 1. The maximum Gasteiger partial charge on any atom is 0.326 e. The van der Waals surface area contributed by atoms with E-state index >= 15 is 0 Å². The van der Waals surface area contributed by atoms with Gasteiger partial charge in [-0.05, 0) is 30.2 Å². The molecule has 1 heterocycles. The molecular weight excluding hydrogens is 274 g/mol. The van der Waals surface area contributed by atoms with Crippen molar-refractivity contribution < 1.29 is 19.2 Å². The predicted molar refractivity (Wildman–Crippen MR) is 76.2 cm³/mol. The van der Waals surface area contributed by atoms with Crippen LogP contribution in [0.4, 0.5) is 6.01 Å². The van der Waals surface area contributed by atoms with Crippen LogP contribution in [0.2, 0.25) is 0 Å². The third-order valence-corrected chi connectivity index (χ3v) is 2.99. The summed E-state index contributed by atoms with van der Waals surface area (Å²) in [6.07, 6.45) is 0. The molecule has 1 atom stereocenters. The van der Waals surface area contributed by atoms with Crippen molar-refractivity contribution in [1.82, 2.24) is 10.1 Å². The number of ether oxygens (including phenoxy) is 1. The number of carboxylic acids is 1. The number of aromatic nitrogens is 2. The first-order chi connectivity index (χ1) is 10.0. The van der Waals surface area contributed by atoms with Gasteiger partial charge in [0.25, 0.3) is 0 Å². The largest absolute Gasteiger partial charge is 0.497 e. The highest BCUT2D eigenvalue weighted by Gasteiger charge is 2.23. The van der Waals surface area contributed by atoms with E-state index in [2.05, 4.69) is 15.5 Å². The van der Waals surface area contributed by atoms with Crippen LogP contribution >= 0.6 is 0 Å². The molecule has 7 nitrogen and oxygen atoms in total. The standard InChI is InChI=1S/C14H17N3O4/c1-8(2)11(13(18)19)15-14-16-12(17-21-14)9-4-6-10(20-3)7-5-9/h4-8,11H,1-3H3,(H,18,19)(H,15,16,17)/t11-/m0/s1. The molecule has 0 radical (unpaired) electrons. The summed E-state index contributed by atoms with van der Waals surface area (Å²) in [7, 11) is 1.59. The summed E-state index contributed by atoms with van der Waals surface area (Å²) in [6, 6.07) is 6.46. The van der Waals surface area contributed by atoms with E-state index in [4.69, 9.17) is 14.4 Å². The Morgan fingerprint density at radius 1 is 1.33 bits per heavy atom. The number of hydrogen-bond acceptors (Lipinski definition) is 6. The van der Waals surface area contributed by atoms with Gasteiger partial charge in [0.2, 0.25) is 5.82 Å². The predicted octanol–water partition coefficient (Wildman–Crippen LogP) is 2.27. The fraction of sp³-hybridized carbons (Fsp3) is 0.357. The average molecular weight is 291 g/mol. The molecule has 2 N–H and O–H groups in total. The lowest BCUT2D eigenvalue weighted by atomic mass is 10.1. The maximum absolute atomic E-state index is 11.1. The molecule has 0 saturated heterocycles. The molecule has 0 saturated carbocycles. The Labute approximate surface area is 121 Å². The van der Waals surface area contributed by atoms with Gasteiger partial charge < -0.3 is 19.7 Å². The first-order valence-corrected chi connectivity index (χ1v) is 6.48. The van der Waals surface area contributed by atoms with Crippen molar-refractivity contribution in [2.24, 2.45) is 5.92 Å². The second kappa shape index (κ2) is 6.25. The molecule has 21 heavy (non-hydrogen) atoms. The SMILES string of the molecule is COc1ccc(-c2noc(N[C@H](C(=O)O)C(C)C)n2)cc1. The van der Waals surface area contributed by atoms with Gasteiger partial charge in [-0.1, -0.05) is 19.0 Å². The molecule has 1 aromatic heterocycles. The molecule has 0 aliphatic carbocycles. The van der Waals surface area contributed by atoms with Crippen molar-refractivity contribution in [3.05, 3.63) is 24.3 Å². The number of nitrogens with zero attached hydrogens (tertiary/aromatic N) is 2. The highest BCUT2D eigenvalue weighted by molar-refractivity contribution is 5.76. The fourth-order valence-corrected chi connectivity index (χ4v) is 1.79. The first kappa shape index (κ1) is 14.8. The van der Waals surface area contributed by atoms with Gasteiger partial charge in [-0.3, -0.25) is 0 Å². The number of carbonyl (C=O) groups is 1. The first-order valence-electron chi connectivity index (χ1n) is 6.48. The maximum atomic E-state index is 11.1. The second-order valence-corrected chi connectivity index (χ2v) is 4.86. The van der Waals surface area contributed by atoms with E-state index in [-0.39, 0.29) is 11.9 Å². The van der Waals surface area contributed by atoms with E-state index in [1.807, 2.05) is 0 Å². The molecule has 0 aliphatic rings. The van der Waals surface area contributed by atoms with Gasteiger partial charge in [0.05, 0.1) is 7.11 Å². The smallest absolute Gasteiger partial charge is 0.326 e. The van der Waals surface area contributed by atoms with Crippen LogP contribution < -0.4 is 10.1 Å². The zero-order chi connectivity index (χ0) is 15.4.